The lowest BCUT2D eigenvalue weighted by Gasteiger charge is -2.53. The normalized spacial score (nSPS) is 21.7. The molecule has 2 rings (SSSR count). The molecule has 2 N–H and O–H groups in total. The molecule has 18 heavy (non-hydrogen) atoms. The van der Waals surface area contributed by atoms with Crippen LogP contribution >= 0.6 is 12.2 Å². The summed E-state index contributed by atoms with van der Waals surface area (Å²) in [7, 11) is 0. The minimum atomic E-state index is -0.513. The Labute approximate surface area is 113 Å². The molecule has 1 saturated carbocycles. The molecule has 1 heterocycles. The molecule has 0 aromatic carbocycles. The van der Waals surface area contributed by atoms with Gasteiger partial charge in [0.05, 0.1) is 13.2 Å². The minimum absolute atomic E-state index is 0.337. The number of hydrogen-bond acceptors (Lipinski definition) is 4. The molecule has 0 radical (unpaired) electrons. The Kier molecular flexibility index (Phi) is 3.51. The summed E-state index contributed by atoms with van der Waals surface area (Å²) in [5.41, 5.74) is -0.122. The number of nitrogens with one attached hydrogen (secondary N) is 2. The number of hydrogen-bond donors (Lipinski definition) is 2. The maximum atomic E-state index is 11.5. The van der Waals surface area contributed by atoms with E-state index in [2.05, 4.69) is 10.6 Å². The highest BCUT2D eigenvalue weighted by Gasteiger charge is 2.49. The summed E-state index contributed by atoms with van der Waals surface area (Å²) in [6, 6.07) is 0.344. The van der Waals surface area contributed by atoms with Crippen LogP contribution in [0.5, 0.6) is 0 Å². The Hall–Kier alpha value is -0.880. The van der Waals surface area contributed by atoms with Crippen LogP contribution in [0.3, 0.4) is 0 Å². The summed E-state index contributed by atoms with van der Waals surface area (Å²) in [6.45, 7) is 7.16. The highest BCUT2D eigenvalue weighted by Crippen LogP contribution is 2.46. The van der Waals surface area contributed by atoms with Crippen molar-refractivity contribution in [2.45, 2.75) is 45.3 Å². The standard InChI is InChI=1S/C12H20N2O3S/c1-11(2,3)17-10(15)14-9(18)13-8-4-12(5-8)6-16-7-12/h8H,4-7H2,1-3H3,(H2,13,14,15,18). The van der Waals surface area contributed by atoms with E-state index in [4.69, 9.17) is 21.7 Å². The van der Waals surface area contributed by atoms with Gasteiger partial charge in [-0.05, 0) is 45.8 Å². The molecule has 0 unspecified atom stereocenters. The molecule has 6 heteroatoms. The molecule has 1 saturated heterocycles. The van der Waals surface area contributed by atoms with E-state index in [0.717, 1.165) is 26.1 Å². The molecule has 0 aromatic heterocycles. The molecule has 1 aliphatic carbocycles. The summed E-state index contributed by atoms with van der Waals surface area (Å²) < 4.78 is 10.3. The van der Waals surface area contributed by atoms with Gasteiger partial charge in [0.1, 0.15) is 5.60 Å². The first-order valence-electron chi connectivity index (χ1n) is 6.16. The van der Waals surface area contributed by atoms with E-state index in [0.29, 0.717) is 16.6 Å². The third-order valence-electron chi connectivity index (χ3n) is 3.13. The molecule has 0 bridgehead atoms. The third-order valence-corrected chi connectivity index (χ3v) is 3.34. The van der Waals surface area contributed by atoms with Crippen molar-refractivity contribution in [1.82, 2.24) is 10.6 Å². The lowest BCUT2D eigenvalue weighted by atomic mass is 9.64. The molecular formula is C12H20N2O3S. The van der Waals surface area contributed by atoms with Gasteiger partial charge in [-0.25, -0.2) is 4.79 Å². The maximum absolute atomic E-state index is 11.5. The molecule has 1 aliphatic heterocycles. The second kappa shape index (κ2) is 4.66. The third kappa shape index (κ3) is 3.32. The second-order valence-corrected chi connectivity index (χ2v) is 6.61. The van der Waals surface area contributed by atoms with Crippen LogP contribution in [0.4, 0.5) is 4.79 Å². The molecule has 5 nitrogen and oxygen atoms in total. The van der Waals surface area contributed by atoms with Gasteiger partial charge < -0.3 is 14.8 Å². The minimum Gasteiger partial charge on any atom is -0.444 e. The molecular weight excluding hydrogens is 252 g/mol. The average Bonchev–Trinajstić information content (AvgIpc) is 2.03. The fourth-order valence-electron chi connectivity index (χ4n) is 2.33. The number of carbonyl (C=O) groups is 1. The van der Waals surface area contributed by atoms with E-state index in [1.165, 1.54) is 0 Å². The summed E-state index contributed by atoms with van der Waals surface area (Å²) in [6.07, 6.45) is 1.60. The molecule has 1 amide bonds. The van der Waals surface area contributed by atoms with Gasteiger partial charge in [0.15, 0.2) is 5.11 Å². The molecule has 0 aromatic rings. The lowest BCUT2D eigenvalue weighted by Crippen LogP contribution is -2.60. The summed E-state index contributed by atoms with van der Waals surface area (Å²) in [5, 5.41) is 5.98. The Bertz CT molecular complexity index is 353. The molecule has 2 aliphatic rings. The van der Waals surface area contributed by atoms with Crippen LogP contribution in [0.15, 0.2) is 0 Å². The predicted molar refractivity (Wildman–Crippen MR) is 71.4 cm³/mol. The first-order valence-corrected chi connectivity index (χ1v) is 6.57. The number of alkyl carbamates (subject to hydrolysis) is 1. The lowest BCUT2D eigenvalue weighted by molar-refractivity contribution is -0.165. The first-order chi connectivity index (χ1) is 8.28. The van der Waals surface area contributed by atoms with E-state index in [9.17, 15) is 4.79 Å². The van der Waals surface area contributed by atoms with E-state index < -0.39 is 11.7 Å². The van der Waals surface area contributed by atoms with Gasteiger partial charge in [-0.2, -0.15) is 0 Å². The summed E-state index contributed by atoms with van der Waals surface area (Å²) in [5.74, 6) is 0. The molecule has 0 atom stereocenters. The van der Waals surface area contributed by atoms with Crippen LogP contribution in [-0.2, 0) is 9.47 Å². The van der Waals surface area contributed by atoms with Crippen LogP contribution in [-0.4, -0.2) is 36.1 Å². The fourth-order valence-corrected chi connectivity index (χ4v) is 2.58. The zero-order chi connectivity index (χ0) is 13.4. The van der Waals surface area contributed by atoms with Gasteiger partial charge in [-0.3, -0.25) is 5.32 Å². The van der Waals surface area contributed by atoms with Crippen molar-refractivity contribution in [3.05, 3.63) is 0 Å². The number of thiocarbonyl (C=S) groups is 1. The molecule has 102 valence electrons. The monoisotopic (exact) mass is 272 g/mol. The van der Waals surface area contributed by atoms with Crippen LogP contribution < -0.4 is 10.6 Å². The predicted octanol–water partition coefficient (Wildman–Crippen LogP) is 1.56. The Morgan fingerprint density at radius 2 is 2.00 bits per heavy atom. The van der Waals surface area contributed by atoms with Gasteiger partial charge in [-0.15, -0.1) is 0 Å². The Morgan fingerprint density at radius 3 is 2.44 bits per heavy atom. The van der Waals surface area contributed by atoms with Gasteiger partial charge >= 0.3 is 6.09 Å². The van der Waals surface area contributed by atoms with E-state index >= 15 is 0 Å². The highest BCUT2D eigenvalue weighted by atomic mass is 32.1. The van der Waals surface area contributed by atoms with Crippen molar-refractivity contribution in [3.8, 4) is 0 Å². The SMILES string of the molecule is CC(C)(C)OC(=O)NC(=S)NC1CC2(COC2)C1. The zero-order valence-electron chi connectivity index (χ0n) is 11.0. The van der Waals surface area contributed by atoms with Crippen LogP contribution in [0, 0.1) is 5.41 Å². The Morgan fingerprint density at radius 1 is 1.39 bits per heavy atom. The van der Waals surface area contributed by atoms with Crippen molar-refractivity contribution in [3.63, 3.8) is 0 Å². The molecule has 1 spiro atoms. The van der Waals surface area contributed by atoms with E-state index in [-0.39, 0.29) is 0 Å². The average molecular weight is 272 g/mol. The van der Waals surface area contributed by atoms with Crippen molar-refractivity contribution in [2.75, 3.05) is 13.2 Å². The first kappa shape index (κ1) is 13.5. The fraction of sp³-hybridized carbons (Fsp3) is 0.833. The van der Waals surface area contributed by atoms with Crippen LogP contribution in [0.2, 0.25) is 0 Å². The quantitative estimate of drug-likeness (QED) is 0.710. The van der Waals surface area contributed by atoms with Crippen molar-refractivity contribution in [1.29, 1.82) is 0 Å². The van der Waals surface area contributed by atoms with Crippen molar-refractivity contribution >= 4 is 23.4 Å². The van der Waals surface area contributed by atoms with Gasteiger partial charge in [-0.1, -0.05) is 0 Å². The van der Waals surface area contributed by atoms with Crippen molar-refractivity contribution in [2.24, 2.45) is 5.41 Å². The summed E-state index contributed by atoms with van der Waals surface area (Å²) in [4.78, 5) is 11.5. The summed E-state index contributed by atoms with van der Waals surface area (Å²) >= 11 is 5.07. The topological polar surface area (TPSA) is 59.6 Å². The largest absolute Gasteiger partial charge is 0.444 e. The van der Waals surface area contributed by atoms with Crippen LogP contribution in [0.25, 0.3) is 0 Å². The zero-order valence-corrected chi connectivity index (χ0v) is 11.9. The smallest absolute Gasteiger partial charge is 0.413 e. The number of ether oxygens (including phenoxy) is 2. The van der Waals surface area contributed by atoms with Gasteiger partial charge in [0.2, 0.25) is 0 Å². The number of carbonyl (C=O) groups excluding carboxylic acids is 1. The van der Waals surface area contributed by atoms with Gasteiger partial charge in [0, 0.05) is 11.5 Å². The van der Waals surface area contributed by atoms with Crippen molar-refractivity contribution < 1.29 is 14.3 Å². The second-order valence-electron chi connectivity index (χ2n) is 6.20. The highest BCUT2D eigenvalue weighted by molar-refractivity contribution is 7.80. The number of amides is 1. The Balaban J connectivity index is 1.65. The van der Waals surface area contributed by atoms with E-state index in [1.54, 1.807) is 0 Å². The number of rotatable bonds is 1. The van der Waals surface area contributed by atoms with E-state index in [1.807, 2.05) is 20.8 Å². The molecule has 2 fully saturated rings. The van der Waals surface area contributed by atoms with Crippen LogP contribution in [0.1, 0.15) is 33.6 Å². The maximum Gasteiger partial charge on any atom is 0.413 e. The van der Waals surface area contributed by atoms with Gasteiger partial charge in [0.25, 0.3) is 0 Å².